The Kier molecular flexibility index (Phi) is 5.16. The Morgan fingerprint density at radius 2 is 1.79 bits per heavy atom. The highest BCUT2D eigenvalue weighted by molar-refractivity contribution is 9.10. The Hall–Kier alpha value is -1.60. The summed E-state index contributed by atoms with van der Waals surface area (Å²) in [5.74, 6) is -0.313. The van der Waals surface area contributed by atoms with E-state index in [-0.39, 0.29) is 20.9 Å². The maximum Gasteiger partial charge on any atom is 0.312 e. The smallest absolute Gasteiger partial charge is 0.312 e. The van der Waals surface area contributed by atoms with Gasteiger partial charge < -0.3 is 4.74 Å². The topological polar surface area (TPSA) is 84.5 Å². The lowest BCUT2D eigenvalue weighted by Gasteiger charge is -2.58. The van der Waals surface area contributed by atoms with E-state index in [2.05, 4.69) is 26.8 Å². The first-order chi connectivity index (χ1) is 13.3. The first kappa shape index (κ1) is 19.7. The molecule has 6 nitrogen and oxygen atoms in total. The molecular formula is C20H22BrClN2O4. The minimum atomic E-state index is -0.591. The molecule has 0 heterocycles. The molecule has 4 aliphatic carbocycles. The molecule has 1 aromatic rings. The molecule has 28 heavy (non-hydrogen) atoms. The summed E-state index contributed by atoms with van der Waals surface area (Å²) in [6.45, 7) is -0.423. The summed E-state index contributed by atoms with van der Waals surface area (Å²) in [5, 5.41) is 0.284. The van der Waals surface area contributed by atoms with Gasteiger partial charge in [0.25, 0.3) is 11.8 Å². The number of alkyl halides is 1. The molecule has 2 N–H and O–H groups in total. The van der Waals surface area contributed by atoms with Gasteiger partial charge in [0.1, 0.15) is 0 Å². The van der Waals surface area contributed by atoms with Gasteiger partial charge >= 0.3 is 5.97 Å². The molecule has 0 aliphatic heterocycles. The van der Waals surface area contributed by atoms with Gasteiger partial charge in [0, 0.05) is 4.32 Å². The van der Waals surface area contributed by atoms with Crippen molar-refractivity contribution >= 4 is 45.3 Å². The summed E-state index contributed by atoms with van der Waals surface area (Å²) < 4.78 is 5.39. The van der Waals surface area contributed by atoms with Crippen LogP contribution in [0.4, 0.5) is 0 Å². The van der Waals surface area contributed by atoms with Crippen molar-refractivity contribution in [2.24, 2.45) is 17.3 Å². The van der Waals surface area contributed by atoms with E-state index in [0.29, 0.717) is 11.8 Å². The highest BCUT2D eigenvalue weighted by Gasteiger charge is 2.60. The molecule has 4 aliphatic rings. The van der Waals surface area contributed by atoms with Crippen molar-refractivity contribution in [1.29, 1.82) is 0 Å². The summed E-state index contributed by atoms with van der Waals surface area (Å²) in [7, 11) is 0. The molecule has 150 valence electrons. The zero-order chi connectivity index (χ0) is 19.9. The van der Waals surface area contributed by atoms with Crippen LogP contribution in [0, 0.1) is 17.3 Å². The number of hydrazine groups is 1. The van der Waals surface area contributed by atoms with Gasteiger partial charge in [-0.2, -0.15) is 0 Å². The molecule has 0 saturated heterocycles. The number of benzene rings is 1. The third-order valence-corrected chi connectivity index (χ3v) is 7.45. The summed E-state index contributed by atoms with van der Waals surface area (Å²) in [6, 6.07) is 6.51. The van der Waals surface area contributed by atoms with Crippen molar-refractivity contribution in [3.05, 3.63) is 34.9 Å². The number of carbonyl (C=O) groups excluding carboxylic acids is 3. The third-order valence-electron chi connectivity index (χ3n) is 6.19. The van der Waals surface area contributed by atoms with Crippen LogP contribution in [0.3, 0.4) is 0 Å². The lowest BCUT2D eigenvalue weighted by molar-refractivity contribution is -0.171. The van der Waals surface area contributed by atoms with Crippen molar-refractivity contribution in [2.45, 2.75) is 42.8 Å². The summed E-state index contributed by atoms with van der Waals surface area (Å²) in [6.07, 6.45) is 5.90. The Morgan fingerprint density at radius 3 is 2.43 bits per heavy atom. The predicted octanol–water partition coefficient (Wildman–Crippen LogP) is 3.38. The first-order valence-corrected chi connectivity index (χ1v) is 10.7. The van der Waals surface area contributed by atoms with Crippen LogP contribution >= 0.6 is 27.5 Å². The number of amides is 2. The van der Waals surface area contributed by atoms with Crippen LogP contribution in [0.1, 0.15) is 48.9 Å². The lowest BCUT2D eigenvalue weighted by Crippen LogP contribution is -2.56. The van der Waals surface area contributed by atoms with Crippen molar-refractivity contribution in [1.82, 2.24) is 10.9 Å². The van der Waals surface area contributed by atoms with E-state index in [1.54, 1.807) is 24.3 Å². The molecule has 2 atom stereocenters. The van der Waals surface area contributed by atoms with Gasteiger partial charge in [0.15, 0.2) is 6.61 Å². The predicted molar refractivity (Wildman–Crippen MR) is 107 cm³/mol. The first-order valence-electron chi connectivity index (χ1n) is 9.48. The van der Waals surface area contributed by atoms with Crippen LogP contribution < -0.4 is 10.9 Å². The molecule has 0 radical (unpaired) electrons. The Balaban J connectivity index is 1.29. The molecule has 0 aromatic heterocycles. The van der Waals surface area contributed by atoms with Gasteiger partial charge in [-0.25, -0.2) is 0 Å². The minimum absolute atomic E-state index is 0.0429. The fraction of sp³-hybridized carbons (Fsp3) is 0.550. The van der Waals surface area contributed by atoms with Crippen LogP contribution in [0.25, 0.3) is 0 Å². The molecule has 2 unspecified atom stereocenters. The van der Waals surface area contributed by atoms with E-state index < -0.39 is 23.8 Å². The standard InChI is InChI=1S/C20H22BrClN2O4/c21-20-8-12-5-13(9-20)7-19(6-12,11-20)18(27)28-10-16(25)23-24-17(26)14-3-1-2-4-15(14)22/h1-4,12-13H,5-11H2,(H,23,25)(H,24,26). The van der Waals surface area contributed by atoms with Gasteiger partial charge in [-0.05, 0) is 62.5 Å². The van der Waals surface area contributed by atoms with Crippen LogP contribution in [0.2, 0.25) is 5.02 Å². The number of halogens is 2. The molecule has 4 saturated carbocycles. The number of ether oxygens (including phenoxy) is 1. The largest absolute Gasteiger partial charge is 0.455 e. The Labute approximate surface area is 176 Å². The van der Waals surface area contributed by atoms with Gasteiger partial charge in [-0.1, -0.05) is 39.7 Å². The van der Waals surface area contributed by atoms with Gasteiger partial charge in [-0.15, -0.1) is 0 Å². The Bertz CT molecular complexity index is 816. The SMILES string of the molecule is O=C(COC(=O)C12CC3CC(CC(Br)(C3)C1)C2)NNC(=O)c1ccccc1Cl. The molecule has 2 amide bonds. The highest BCUT2D eigenvalue weighted by Crippen LogP contribution is 2.64. The van der Waals surface area contributed by atoms with Crippen molar-refractivity contribution < 1.29 is 19.1 Å². The van der Waals surface area contributed by atoms with Gasteiger partial charge in [0.2, 0.25) is 0 Å². The lowest BCUT2D eigenvalue weighted by atomic mass is 9.49. The monoisotopic (exact) mass is 468 g/mol. The van der Waals surface area contributed by atoms with E-state index in [1.807, 2.05) is 0 Å². The quantitative estimate of drug-likeness (QED) is 0.402. The zero-order valence-corrected chi connectivity index (χ0v) is 17.6. The summed E-state index contributed by atoms with van der Waals surface area (Å²) >= 11 is 9.82. The maximum absolute atomic E-state index is 12.8. The van der Waals surface area contributed by atoms with Crippen LogP contribution in [-0.2, 0) is 14.3 Å². The van der Waals surface area contributed by atoms with E-state index >= 15 is 0 Å². The van der Waals surface area contributed by atoms with E-state index in [9.17, 15) is 14.4 Å². The fourth-order valence-corrected chi connectivity index (χ4v) is 7.22. The molecule has 0 spiro atoms. The van der Waals surface area contributed by atoms with Crippen LogP contribution in [-0.4, -0.2) is 28.7 Å². The second-order valence-electron chi connectivity index (χ2n) is 8.45. The normalized spacial score (nSPS) is 32.6. The zero-order valence-electron chi connectivity index (χ0n) is 15.3. The number of hydrogen-bond acceptors (Lipinski definition) is 4. The third kappa shape index (κ3) is 3.79. The summed E-state index contributed by atoms with van der Waals surface area (Å²) in [5.41, 5.74) is 4.31. The molecule has 5 rings (SSSR count). The molecule has 1 aromatic carbocycles. The Morgan fingerprint density at radius 1 is 1.11 bits per heavy atom. The number of hydrogen-bond donors (Lipinski definition) is 2. The van der Waals surface area contributed by atoms with E-state index in [0.717, 1.165) is 32.1 Å². The molecular weight excluding hydrogens is 448 g/mol. The van der Waals surface area contributed by atoms with Crippen molar-refractivity contribution in [3.8, 4) is 0 Å². The second-order valence-corrected chi connectivity index (χ2v) is 10.5. The van der Waals surface area contributed by atoms with Gasteiger partial charge in [-0.3, -0.25) is 25.2 Å². The molecule has 4 bridgehead atoms. The average Bonchev–Trinajstić information content (AvgIpc) is 2.62. The van der Waals surface area contributed by atoms with Crippen molar-refractivity contribution in [3.63, 3.8) is 0 Å². The fourth-order valence-electron chi connectivity index (χ4n) is 5.55. The highest BCUT2D eigenvalue weighted by atomic mass is 79.9. The van der Waals surface area contributed by atoms with Gasteiger partial charge in [0.05, 0.1) is 16.0 Å². The maximum atomic E-state index is 12.8. The molecule has 4 fully saturated rings. The number of esters is 1. The molecule has 8 heteroatoms. The van der Waals surface area contributed by atoms with Crippen molar-refractivity contribution in [2.75, 3.05) is 6.61 Å². The van der Waals surface area contributed by atoms with Crippen LogP contribution in [0.5, 0.6) is 0 Å². The number of carbonyl (C=O) groups is 3. The van der Waals surface area contributed by atoms with E-state index in [1.165, 1.54) is 6.42 Å². The summed E-state index contributed by atoms with van der Waals surface area (Å²) in [4.78, 5) is 36.9. The average molecular weight is 470 g/mol. The van der Waals surface area contributed by atoms with Crippen LogP contribution in [0.15, 0.2) is 24.3 Å². The number of nitrogens with one attached hydrogen (secondary N) is 2. The second kappa shape index (κ2) is 7.34. The minimum Gasteiger partial charge on any atom is -0.455 e. The van der Waals surface area contributed by atoms with E-state index in [4.69, 9.17) is 16.3 Å². The number of rotatable bonds is 4.